The molecule has 164 valence electrons. The number of aryl methyl sites for hydroxylation is 1. The Hall–Kier alpha value is -2.29. The summed E-state index contributed by atoms with van der Waals surface area (Å²) >= 11 is 0. The van der Waals surface area contributed by atoms with Crippen molar-refractivity contribution in [2.45, 2.75) is 38.0 Å². The molecule has 1 aliphatic rings. The van der Waals surface area contributed by atoms with Crippen molar-refractivity contribution >= 4 is 27.1 Å². The smallest absolute Gasteiger partial charge is 0.264 e. The molecule has 0 aromatic heterocycles. The summed E-state index contributed by atoms with van der Waals surface area (Å²) in [6.45, 7) is 6.36. The van der Waals surface area contributed by atoms with E-state index in [2.05, 4.69) is 6.92 Å². The summed E-state index contributed by atoms with van der Waals surface area (Å²) in [5.41, 5.74) is 8.99. The van der Waals surface area contributed by atoms with Gasteiger partial charge in [-0.2, -0.15) is 0 Å². The molecule has 1 saturated heterocycles. The highest BCUT2D eigenvalue weighted by atomic mass is 32.2. The Bertz CT molecular complexity index is 941. The lowest BCUT2D eigenvalue weighted by molar-refractivity contribution is 0.0682. The van der Waals surface area contributed by atoms with Gasteiger partial charge in [-0.05, 0) is 68.0 Å². The van der Waals surface area contributed by atoms with Gasteiger partial charge in [0.1, 0.15) is 0 Å². The first-order chi connectivity index (χ1) is 14.4. The van der Waals surface area contributed by atoms with Gasteiger partial charge in [0.05, 0.1) is 22.0 Å². The standard InChI is InChI=1S/C22H32N4O3S/c1-3-17-5-7-19(8-6-17)26(4-2)30(27,28)20-9-10-22(21(23)15-20)25(24)16-18-11-13-29-14-12-18/h5-10,15,18H,3-4,11-14,16,23-24H2,1-2H3. The molecule has 2 aromatic rings. The van der Waals surface area contributed by atoms with Crippen molar-refractivity contribution in [3.05, 3.63) is 48.0 Å². The van der Waals surface area contributed by atoms with Crippen molar-refractivity contribution in [3.63, 3.8) is 0 Å². The molecule has 1 aliphatic heterocycles. The predicted molar refractivity (Wildman–Crippen MR) is 122 cm³/mol. The second-order valence-electron chi connectivity index (χ2n) is 7.62. The molecule has 3 rings (SSSR count). The number of nitrogens with zero attached hydrogens (tertiary/aromatic N) is 2. The highest BCUT2D eigenvalue weighted by Gasteiger charge is 2.25. The zero-order chi connectivity index (χ0) is 21.7. The van der Waals surface area contributed by atoms with E-state index in [1.165, 1.54) is 10.4 Å². The number of nitrogens with two attached hydrogens (primary N) is 2. The maximum Gasteiger partial charge on any atom is 0.264 e. The summed E-state index contributed by atoms with van der Waals surface area (Å²) in [7, 11) is -3.74. The van der Waals surface area contributed by atoms with Crippen LogP contribution in [0.5, 0.6) is 0 Å². The number of sulfonamides is 1. The zero-order valence-corrected chi connectivity index (χ0v) is 18.6. The Kier molecular flexibility index (Phi) is 7.23. The highest BCUT2D eigenvalue weighted by Crippen LogP contribution is 2.30. The molecular weight excluding hydrogens is 400 g/mol. The van der Waals surface area contributed by atoms with E-state index in [-0.39, 0.29) is 4.90 Å². The first-order valence-corrected chi connectivity index (χ1v) is 11.9. The van der Waals surface area contributed by atoms with E-state index in [0.29, 0.717) is 36.1 Å². The quantitative estimate of drug-likeness (QED) is 0.377. The van der Waals surface area contributed by atoms with Crippen LogP contribution >= 0.6 is 0 Å². The van der Waals surface area contributed by atoms with E-state index in [9.17, 15) is 8.42 Å². The zero-order valence-electron chi connectivity index (χ0n) is 17.8. The lowest BCUT2D eigenvalue weighted by atomic mass is 10.00. The minimum Gasteiger partial charge on any atom is -0.397 e. The van der Waals surface area contributed by atoms with Crippen LogP contribution < -0.4 is 20.9 Å². The second kappa shape index (κ2) is 9.68. The highest BCUT2D eigenvalue weighted by molar-refractivity contribution is 7.92. The van der Waals surface area contributed by atoms with Gasteiger partial charge in [-0.15, -0.1) is 0 Å². The first-order valence-electron chi connectivity index (χ1n) is 10.5. The Labute approximate surface area is 179 Å². The van der Waals surface area contributed by atoms with Gasteiger partial charge in [0, 0.05) is 26.3 Å². The van der Waals surface area contributed by atoms with E-state index < -0.39 is 10.0 Å². The van der Waals surface area contributed by atoms with Gasteiger partial charge in [-0.3, -0.25) is 4.31 Å². The summed E-state index contributed by atoms with van der Waals surface area (Å²) in [5, 5.41) is 1.61. The molecular formula is C22H32N4O3S. The van der Waals surface area contributed by atoms with Crippen molar-refractivity contribution < 1.29 is 13.2 Å². The fourth-order valence-corrected chi connectivity index (χ4v) is 5.29. The average molecular weight is 433 g/mol. The van der Waals surface area contributed by atoms with Gasteiger partial charge in [-0.1, -0.05) is 19.1 Å². The molecule has 2 aromatic carbocycles. The van der Waals surface area contributed by atoms with Crippen LogP contribution in [0.1, 0.15) is 32.3 Å². The SMILES string of the molecule is CCc1ccc(N(CC)S(=O)(=O)c2ccc(N(N)CC3CCOCC3)c(N)c2)cc1. The van der Waals surface area contributed by atoms with E-state index in [0.717, 1.165) is 38.0 Å². The Balaban J connectivity index is 1.82. The number of hydrogen-bond donors (Lipinski definition) is 2. The molecule has 0 saturated carbocycles. The topological polar surface area (TPSA) is 102 Å². The van der Waals surface area contributed by atoms with Crippen molar-refractivity contribution in [2.24, 2.45) is 11.8 Å². The predicted octanol–water partition coefficient (Wildman–Crippen LogP) is 3.15. The lowest BCUT2D eigenvalue weighted by Crippen LogP contribution is -2.38. The van der Waals surface area contributed by atoms with Crippen LogP contribution in [0.15, 0.2) is 47.4 Å². The molecule has 4 N–H and O–H groups in total. The average Bonchev–Trinajstić information content (AvgIpc) is 2.75. The lowest BCUT2D eigenvalue weighted by Gasteiger charge is -2.29. The van der Waals surface area contributed by atoms with Gasteiger partial charge < -0.3 is 15.5 Å². The third-order valence-electron chi connectivity index (χ3n) is 5.61. The fourth-order valence-electron chi connectivity index (χ4n) is 3.78. The van der Waals surface area contributed by atoms with E-state index in [1.54, 1.807) is 17.1 Å². The Morgan fingerprint density at radius 3 is 2.30 bits per heavy atom. The molecule has 30 heavy (non-hydrogen) atoms. The maximum absolute atomic E-state index is 13.3. The van der Waals surface area contributed by atoms with Crippen LogP contribution in [-0.4, -0.2) is 34.7 Å². The number of hydrazine groups is 1. The number of ether oxygens (including phenoxy) is 1. The van der Waals surface area contributed by atoms with Gasteiger partial charge in [0.2, 0.25) is 0 Å². The van der Waals surface area contributed by atoms with E-state index in [1.807, 2.05) is 31.2 Å². The second-order valence-corrected chi connectivity index (χ2v) is 9.48. The number of rotatable bonds is 8. The molecule has 7 nitrogen and oxygen atoms in total. The molecule has 0 atom stereocenters. The van der Waals surface area contributed by atoms with Gasteiger partial charge >= 0.3 is 0 Å². The van der Waals surface area contributed by atoms with Crippen LogP contribution in [0.2, 0.25) is 0 Å². The van der Waals surface area contributed by atoms with Crippen molar-refractivity contribution in [1.29, 1.82) is 0 Å². The van der Waals surface area contributed by atoms with Crippen LogP contribution in [0.25, 0.3) is 0 Å². The summed E-state index contributed by atoms with van der Waals surface area (Å²) < 4.78 is 33.3. The van der Waals surface area contributed by atoms with Gasteiger partial charge in [0.25, 0.3) is 10.0 Å². The van der Waals surface area contributed by atoms with Crippen molar-refractivity contribution in [2.75, 3.05) is 41.4 Å². The van der Waals surface area contributed by atoms with Crippen LogP contribution in [-0.2, 0) is 21.2 Å². The largest absolute Gasteiger partial charge is 0.397 e. The summed E-state index contributed by atoms with van der Waals surface area (Å²) in [5.74, 6) is 6.68. The monoisotopic (exact) mass is 432 g/mol. The maximum atomic E-state index is 13.3. The Morgan fingerprint density at radius 2 is 1.73 bits per heavy atom. The molecule has 0 radical (unpaired) electrons. The number of benzene rings is 2. The number of hydrogen-bond acceptors (Lipinski definition) is 6. The molecule has 1 fully saturated rings. The summed E-state index contributed by atoms with van der Waals surface area (Å²) in [4.78, 5) is 0.157. The molecule has 1 heterocycles. The molecule has 0 unspecified atom stereocenters. The minimum absolute atomic E-state index is 0.157. The van der Waals surface area contributed by atoms with Gasteiger partial charge in [0.15, 0.2) is 0 Å². The number of nitrogen functional groups attached to an aromatic ring is 1. The Morgan fingerprint density at radius 1 is 1.07 bits per heavy atom. The third-order valence-corrected chi connectivity index (χ3v) is 7.51. The molecule has 0 bridgehead atoms. The first kappa shape index (κ1) is 22.4. The molecule has 0 amide bonds. The minimum atomic E-state index is -3.74. The summed E-state index contributed by atoms with van der Waals surface area (Å²) in [6, 6.07) is 12.3. The van der Waals surface area contributed by atoms with Crippen molar-refractivity contribution in [1.82, 2.24) is 0 Å². The fraction of sp³-hybridized carbons (Fsp3) is 0.455. The van der Waals surface area contributed by atoms with Crippen LogP contribution in [0, 0.1) is 5.92 Å². The summed E-state index contributed by atoms with van der Waals surface area (Å²) in [6.07, 6.45) is 2.82. The number of anilines is 3. The van der Waals surface area contributed by atoms with Crippen molar-refractivity contribution in [3.8, 4) is 0 Å². The van der Waals surface area contributed by atoms with Crippen LogP contribution in [0.4, 0.5) is 17.1 Å². The molecule has 0 spiro atoms. The normalized spacial score (nSPS) is 15.2. The van der Waals surface area contributed by atoms with E-state index in [4.69, 9.17) is 16.3 Å². The van der Waals surface area contributed by atoms with Crippen LogP contribution in [0.3, 0.4) is 0 Å². The van der Waals surface area contributed by atoms with Gasteiger partial charge in [-0.25, -0.2) is 14.3 Å². The van der Waals surface area contributed by atoms with E-state index >= 15 is 0 Å². The molecule has 8 heteroatoms. The molecule has 0 aliphatic carbocycles. The third kappa shape index (κ3) is 4.88.